The minimum absolute atomic E-state index is 0.231. The molecule has 0 radical (unpaired) electrons. The van der Waals surface area contributed by atoms with Crippen molar-refractivity contribution in [3.63, 3.8) is 0 Å². The van der Waals surface area contributed by atoms with E-state index in [1.807, 2.05) is 6.07 Å². The summed E-state index contributed by atoms with van der Waals surface area (Å²) in [7, 11) is 0. The third kappa shape index (κ3) is 2.89. The largest absolute Gasteiger partial charge is 0.300 e. The fraction of sp³-hybridized carbons (Fsp3) is 0.417. The van der Waals surface area contributed by atoms with Gasteiger partial charge in [0.1, 0.15) is 11.6 Å². The number of carbonyl (C=O) groups is 1. The molecule has 1 aliphatic heterocycles. The highest BCUT2D eigenvalue weighted by Gasteiger charge is 2.16. The van der Waals surface area contributed by atoms with E-state index in [0.717, 1.165) is 25.2 Å². The van der Waals surface area contributed by atoms with Crippen molar-refractivity contribution in [1.82, 2.24) is 4.90 Å². The highest BCUT2D eigenvalue weighted by molar-refractivity contribution is 9.10. The van der Waals surface area contributed by atoms with E-state index < -0.39 is 0 Å². The number of benzene rings is 1. The second-order valence-electron chi connectivity index (χ2n) is 4.06. The molecule has 1 fully saturated rings. The summed E-state index contributed by atoms with van der Waals surface area (Å²) in [5.74, 6) is 0.101. The van der Waals surface area contributed by atoms with Crippen LogP contribution in [-0.2, 0) is 11.3 Å². The SMILES string of the molecule is O=C1CCN(Cc2ccc(Br)c(F)c2)CC1. The molecule has 0 atom stereocenters. The predicted octanol–water partition coefficient (Wildman–Crippen LogP) is 2.75. The fourth-order valence-corrected chi connectivity index (χ4v) is 2.10. The normalized spacial score (nSPS) is 17.8. The Morgan fingerprint density at radius 2 is 2.00 bits per heavy atom. The van der Waals surface area contributed by atoms with Gasteiger partial charge in [0.05, 0.1) is 4.47 Å². The minimum Gasteiger partial charge on any atom is -0.300 e. The standard InChI is InChI=1S/C12H13BrFNO/c13-11-2-1-9(7-12(11)14)8-15-5-3-10(16)4-6-15/h1-2,7H,3-6,8H2. The smallest absolute Gasteiger partial charge is 0.137 e. The van der Waals surface area contributed by atoms with E-state index in [0.29, 0.717) is 23.1 Å². The Hall–Kier alpha value is -0.740. The molecule has 0 bridgehead atoms. The first-order chi connectivity index (χ1) is 7.65. The highest BCUT2D eigenvalue weighted by atomic mass is 79.9. The number of ketones is 1. The molecule has 1 aromatic rings. The van der Waals surface area contributed by atoms with Gasteiger partial charge in [0, 0.05) is 32.5 Å². The lowest BCUT2D eigenvalue weighted by atomic mass is 10.1. The molecule has 0 unspecified atom stereocenters. The zero-order valence-corrected chi connectivity index (χ0v) is 10.5. The summed E-state index contributed by atoms with van der Waals surface area (Å²) in [4.78, 5) is 13.3. The summed E-state index contributed by atoms with van der Waals surface area (Å²) in [6, 6.07) is 5.17. The number of nitrogens with zero attached hydrogens (tertiary/aromatic N) is 1. The number of carbonyl (C=O) groups excluding carboxylic acids is 1. The van der Waals surface area contributed by atoms with E-state index in [4.69, 9.17) is 0 Å². The molecule has 0 spiro atoms. The lowest BCUT2D eigenvalue weighted by molar-refractivity contribution is -0.121. The second kappa shape index (κ2) is 5.06. The summed E-state index contributed by atoms with van der Waals surface area (Å²) in [5, 5.41) is 0. The Labute approximate surface area is 103 Å². The third-order valence-electron chi connectivity index (χ3n) is 2.80. The molecule has 0 saturated carbocycles. The number of hydrogen-bond donors (Lipinski definition) is 0. The lowest BCUT2D eigenvalue weighted by Gasteiger charge is -2.25. The molecule has 2 nitrogen and oxygen atoms in total. The van der Waals surface area contributed by atoms with Crippen molar-refractivity contribution in [2.45, 2.75) is 19.4 Å². The lowest BCUT2D eigenvalue weighted by Crippen LogP contribution is -2.33. The molecule has 0 N–H and O–H groups in total. The van der Waals surface area contributed by atoms with Gasteiger partial charge in [0.2, 0.25) is 0 Å². The predicted molar refractivity (Wildman–Crippen MR) is 63.6 cm³/mol. The van der Waals surface area contributed by atoms with Crippen molar-refractivity contribution in [2.75, 3.05) is 13.1 Å². The van der Waals surface area contributed by atoms with Crippen LogP contribution in [0.4, 0.5) is 4.39 Å². The number of halogens is 2. The number of Topliss-reactive ketones (excluding diaryl/α,β-unsaturated/α-hetero) is 1. The van der Waals surface area contributed by atoms with Crippen LogP contribution in [0.2, 0.25) is 0 Å². The molecule has 16 heavy (non-hydrogen) atoms. The van der Waals surface area contributed by atoms with Crippen LogP contribution in [0.5, 0.6) is 0 Å². The molecule has 1 saturated heterocycles. The molecule has 2 rings (SSSR count). The molecular weight excluding hydrogens is 273 g/mol. The Bertz CT molecular complexity index is 398. The van der Waals surface area contributed by atoms with Crippen LogP contribution in [-0.4, -0.2) is 23.8 Å². The molecule has 0 amide bonds. The van der Waals surface area contributed by atoms with Crippen molar-refractivity contribution in [2.24, 2.45) is 0 Å². The minimum atomic E-state index is -0.231. The third-order valence-corrected chi connectivity index (χ3v) is 3.45. The summed E-state index contributed by atoms with van der Waals surface area (Å²) in [6.45, 7) is 2.30. The van der Waals surface area contributed by atoms with Crippen molar-refractivity contribution in [3.8, 4) is 0 Å². The van der Waals surface area contributed by atoms with Gasteiger partial charge in [0.15, 0.2) is 0 Å². The molecule has 86 valence electrons. The molecule has 1 aliphatic rings. The van der Waals surface area contributed by atoms with E-state index in [-0.39, 0.29) is 5.82 Å². The van der Waals surface area contributed by atoms with Gasteiger partial charge in [0.25, 0.3) is 0 Å². The van der Waals surface area contributed by atoms with Gasteiger partial charge < -0.3 is 0 Å². The molecule has 0 aliphatic carbocycles. The Morgan fingerprint density at radius 3 is 2.62 bits per heavy atom. The zero-order valence-electron chi connectivity index (χ0n) is 8.88. The topological polar surface area (TPSA) is 20.3 Å². The maximum absolute atomic E-state index is 13.3. The van der Waals surface area contributed by atoms with Crippen LogP contribution in [0.15, 0.2) is 22.7 Å². The van der Waals surface area contributed by atoms with Gasteiger partial charge in [-0.25, -0.2) is 4.39 Å². The van der Waals surface area contributed by atoms with E-state index in [9.17, 15) is 9.18 Å². The van der Waals surface area contributed by atoms with Crippen LogP contribution in [0.3, 0.4) is 0 Å². The summed E-state index contributed by atoms with van der Waals surface area (Å²) in [6.07, 6.45) is 1.25. The van der Waals surface area contributed by atoms with Crippen molar-refractivity contribution in [1.29, 1.82) is 0 Å². The van der Waals surface area contributed by atoms with Crippen LogP contribution >= 0.6 is 15.9 Å². The molecule has 1 heterocycles. The first-order valence-corrected chi connectivity index (χ1v) is 6.12. The van der Waals surface area contributed by atoms with Gasteiger partial charge >= 0.3 is 0 Å². The van der Waals surface area contributed by atoms with E-state index in [2.05, 4.69) is 20.8 Å². The Balaban J connectivity index is 1.98. The first kappa shape index (κ1) is 11.7. The number of hydrogen-bond acceptors (Lipinski definition) is 2. The molecule has 1 aromatic carbocycles. The second-order valence-corrected chi connectivity index (χ2v) is 4.92. The van der Waals surface area contributed by atoms with Gasteiger partial charge in [-0.3, -0.25) is 9.69 Å². The monoisotopic (exact) mass is 285 g/mol. The molecule has 0 aromatic heterocycles. The van der Waals surface area contributed by atoms with E-state index in [1.165, 1.54) is 0 Å². The van der Waals surface area contributed by atoms with Crippen LogP contribution in [0.1, 0.15) is 18.4 Å². The summed E-state index contributed by atoms with van der Waals surface area (Å²) >= 11 is 3.13. The molecule has 4 heteroatoms. The zero-order chi connectivity index (χ0) is 11.5. The Morgan fingerprint density at radius 1 is 1.31 bits per heavy atom. The van der Waals surface area contributed by atoms with Crippen molar-refractivity contribution in [3.05, 3.63) is 34.1 Å². The van der Waals surface area contributed by atoms with E-state index in [1.54, 1.807) is 12.1 Å². The first-order valence-electron chi connectivity index (χ1n) is 5.33. The average Bonchev–Trinajstić information content (AvgIpc) is 2.27. The maximum atomic E-state index is 13.3. The molecular formula is C12H13BrFNO. The van der Waals surface area contributed by atoms with Gasteiger partial charge in [-0.05, 0) is 33.6 Å². The average molecular weight is 286 g/mol. The number of piperidine rings is 1. The number of likely N-dealkylation sites (tertiary alicyclic amines) is 1. The highest BCUT2D eigenvalue weighted by Crippen LogP contribution is 2.18. The van der Waals surface area contributed by atoms with Crippen molar-refractivity contribution >= 4 is 21.7 Å². The van der Waals surface area contributed by atoms with Crippen LogP contribution in [0, 0.1) is 5.82 Å². The van der Waals surface area contributed by atoms with Gasteiger partial charge in [-0.15, -0.1) is 0 Å². The summed E-state index contributed by atoms with van der Waals surface area (Å²) < 4.78 is 13.8. The van der Waals surface area contributed by atoms with Gasteiger partial charge in [-0.2, -0.15) is 0 Å². The Kier molecular flexibility index (Phi) is 3.71. The summed E-state index contributed by atoms with van der Waals surface area (Å²) in [5.41, 5.74) is 0.954. The van der Waals surface area contributed by atoms with Crippen LogP contribution in [0.25, 0.3) is 0 Å². The van der Waals surface area contributed by atoms with Gasteiger partial charge in [-0.1, -0.05) is 6.07 Å². The number of rotatable bonds is 2. The van der Waals surface area contributed by atoms with Crippen molar-refractivity contribution < 1.29 is 9.18 Å². The van der Waals surface area contributed by atoms with Crippen LogP contribution < -0.4 is 0 Å². The fourth-order valence-electron chi connectivity index (χ4n) is 1.86. The maximum Gasteiger partial charge on any atom is 0.137 e. The van der Waals surface area contributed by atoms with E-state index >= 15 is 0 Å². The quantitative estimate of drug-likeness (QED) is 0.833.